The molecule has 1 aliphatic rings. The molecule has 0 N–H and O–H groups in total. The van der Waals surface area contributed by atoms with Crippen LogP contribution in [0.2, 0.25) is 10.0 Å². The smallest absolute Gasteiger partial charge is 0.271 e. The van der Waals surface area contributed by atoms with Crippen LogP contribution in [0.25, 0.3) is 6.08 Å². The van der Waals surface area contributed by atoms with Gasteiger partial charge in [-0.25, -0.2) is 4.99 Å². The summed E-state index contributed by atoms with van der Waals surface area (Å²) in [7, 11) is 0. The number of carbonyl (C=O) groups is 1. The van der Waals surface area contributed by atoms with Crippen LogP contribution in [-0.2, 0) is 11.4 Å². The molecule has 1 fully saturated rings. The van der Waals surface area contributed by atoms with Gasteiger partial charge < -0.3 is 4.74 Å². The largest absolute Gasteiger partial charge is 0.487 e. The minimum atomic E-state index is -0.204. The second kappa shape index (κ2) is 12.6. The summed E-state index contributed by atoms with van der Waals surface area (Å²) in [6, 6.07) is 26.0. The van der Waals surface area contributed by atoms with Gasteiger partial charge in [-0.3, -0.25) is 9.69 Å². The molecule has 0 aromatic heterocycles. The Bertz CT molecular complexity index is 1590. The van der Waals surface area contributed by atoms with Gasteiger partial charge >= 0.3 is 0 Å². The quantitative estimate of drug-likeness (QED) is 0.184. The monoisotopic (exact) mass is 764 g/mol. The van der Waals surface area contributed by atoms with E-state index in [-0.39, 0.29) is 5.91 Å². The zero-order valence-corrected chi connectivity index (χ0v) is 27.0. The van der Waals surface area contributed by atoms with Crippen molar-refractivity contribution in [2.75, 3.05) is 4.90 Å². The number of thioether (sulfide) groups is 1. The number of hydrogen-bond acceptors (Lipinski definition) is 4. The number of amidine groups is 1. The second-order valence-corrected chi connectivity index (χ2v) is 12.9. The van der Waals surface area contributed by atoms with Crippen LogP contribution in [0.15, 0.2) is 108 Å². The van der Waals surface area contributed by atoms with E-state index in [1.807, 2.05) is 54.6 Å². The van der Waals surface area contributed by atoms with Crippen LogP contribution in [0.5, 0.6) is 5.75 Å². The summed E-state index contributed by atoms with van der Waals surface area (Å²) in [6.07, 6.45) is 1.83. The summed E-state index contributed by atoms with van der Waals surface area (Å²) in [5.41, 5.74) is 3.10. The van der Waals surface area contributed by atoms with Gasteiger partial charge in [-0.15, -0.1) is 0 Å². The molecule has 39 heavy (non-hydrogen) atoms. The predicted molar refractivity (Wildman–Crippen MR) is 173 cm³/mol. The van der Waals surface area contributed by atoms with Gasteiger partial charge in [-0.1, -0.05) is 67.2 Å². The fourth-order valence-electron chi connectivity index (χ4n) is 3.71. The Morgan fingerprint density at radius 2 is 1.49 bits per heavy atom. The topological polar surface area (TPSA) is 41.9 Å². The van der Waals surface area contributed by atoms with Gasteiger partial charge in [0.15, 0.2) is 5.17 Å². The average molecular weight is 768 g/mol. The normalized spacial score (nSPS) is 15.4. The minimum absolute atomic E-state index is 0.204. The Kier molecular flexibility index (Phi) is 9.21. The molecule has 0 radical (unpaired) electrons. The molecular formula is C29H17Br3Cl2N2O2S. The van der Waals surface area contributed by atoms with Crippen molar-refractivity contribution < 1.29 is 9.53 Å². The van der Waals surface area contributed by atoms with Crippen LogP contribution < -0.4 is 9.64 Å². The van der Waals surface area contributed by atoms with Crippen LogP contribution in [0, 0.1) is 0 Å². The third-order valence-corrected chi connectivity index (χ3v) is 8.61. The first kappa shape index (κ1) is 28.5. The number of rotatable bonds is 6. The highest BCUT2D eigenvalue weighted by Crippen LogP contribution is 2.41. The van der Waals surface area contributed by atoms with Crippen molar-refractivity contribution in [3.05, 3.63) is 124 Å². The minimum Gasteiger partial charge on any atom is -0.487 e. The van der Waals surface area contributed by atoms with Gasteiger partial charge in [0.05, 0.1) is 20.8 Å². The predicted octanol–water partition coefficient (Wildman–Crippen LogP) is 10.7. The molecule has 4 nitrogen and oxygen atoms in total. The van der Waals surface area contributed by atoms with E-state index in [2.05, 4.69) is 47.8 Å². The standard InChI is InChI=1S/C29H17Br3Cl2N2O2S/c30-19-3-1-17(2-4-19)16-38-27-18(13-20(31)15-25(27)32)14-26-28(37)36(24-11-7-22(34)8-12-24)29(39-26)35-23-9-5-21(33)6-10-23/h1-15H,16H2/b26-14-,35-29?. The molecule has 0 saturated carbocycles. The van der Waals surface area contributed by atoms with Crippen LogP contribution >= 0.6 is 82.8 Å². The molecule has 0 bridgehead atoms. The highest BCUT2D eigenvalue weighted by Gasteiger charge is 2.35. The Morgan fingerprint density at radius 1 is 0.846 bits per heavy atom. The van der Waals surface area contributed by atoms with Crippen molar-refractivity contribution in [2.24, 2.45) is 4.99 Å². The van der Waals surface area contributed by atoms with Crippen LogP contribution in [0.1, 0.15) is 11.1 Å². The van der Waals surface area contributed by atoms with Crippen molar-refractivity contribution in [1.29, 1.82) is 0 Å². The molecule has 0 aliphatic carbocycles. The van der Waals surface area contributed by atoms with Crippen LogP contribution in [0.3, 0.4) is 0 Å². The molecule has 1 aliphatic heterocycles. The Hall–Kier alpha value is -2.07. The molecule has 0 spiro atoms. The molecule has 1 heterocycles. The van der Waals surface area contributed by atoms with Crippen molar-refractivity contribution in [3.63, 3.8) is 0 Å². The van der Waals surface area contributed by atoms with E-state index in [1.54, 1.807) is 41.3 Å². The van der Waals surface area contributed by atoms with E-state index in [9.17, 15) is 4.79 Å². The van der Waals surface area contributed by atoms with E-state index in [0.717, 1.165) is 24.5 Å². The Morgan fingerprint density at radius 3 is 2.15 bits per heavy atom. The maximum atomic E-state index is 13.8. The van der Waals surface area contributed by atoms with E-state index < -0.39 is 0 Å². The van der Waals surface area contributed by atoms with Crippen molar-refractivity contribution in [1.82, 2.24) is 0 Å². The maximum absolute atomic E-state index is 13.8. The first-order valence-electron chi connectivity index (χ1n) is 11.5. The number of hydrogen-bond donors (Lipinski definition) is 0. The van der Waals surface area contributed by atoms with Crippen molar-refractivity contribution >= 4 is 111 Å². The number of halogens is 5. The number of anilines is 1. The summed E-state index contributed by atoms with van der Waals surface area (Å²) < 4.78 is 8.84. The number of nitrogens with zero attached hydrogens (tertiary/aromatic N) is 2. The van der Waals surface area contributed by atoms with E-state index in [1.165, 1.54) is 11.8 Å². The Balaban J connectivity index is 1.53. The molecule has 4 aromatic rings. The lowest BCUT2D eigenvalue weighted by molar-refractivity contribution is -0.113. The van der Waals surface area contributed by atoms with Gasteiger partial charge in [0.25, 0.3) is 5.91 Å². The summed E-state index contributed by atoms with van der Waals surface area (Å²) in [5.74, 6) is 0.424. The van der Waals surface area contributed by atoms with Gasteiger partial charge in [0.2, 0.25) is 0 Å². The fourth-order valence-corrected chi connectivity index (χ4v) is 6.59. The maximum Gasteiger partial charge on any atom is 0.271 e. The number of benzene rings is 4. The molecule has 0 unspecified atom stereocenters. The molecule has 4 aromatic carbocycles. The van der Waals surface area contributed by atoms with Crippen molar-refractivity contribution in [3.8, 4) is 5.75 Å². The zero-order valence-electron chi connectivity index (χ0n) is 19.9. The number of ether oxygens (including phenoxy) is 1. The lowest BCUT2D eigenvalue weighted by Gasteiger charge is -2.16. The van der Waals surface area contributed by atoms with Crippen molar-refractivity contribution in [2.45, 2.75) is 6.61 Å². The van der Waals surface area contributed by atoms with E-state index in [4.69, 9.17) is 32.9 Å². The van der Waals surface area contributed by atoms with Crippen LogP contribution in [-0.4, -0.2) is 11.1 Å². The molecule has 5 rings (SSSR count). The molecule has 1 saturated heterocycles. The third-order valence-electron chi connectivity index (χ3n) is 5.56. The highest BCUT2D eigenvalue weighted by atomic mass is 79.9. The molecule has 10 heteroatoms. The van der Waals surface area contributed by atoms with Gasteiger partial charge in [-0.05, 0) is 112 Å². The zero-order chi connectivity index (χ0) is 27.5. The number of amides is 1. The van der Waals surface area contributed by atoms with Gasteiger partial charge in [0.1, 0.15) is 12.4 Å². The average Bonchev–Trinajstić information content (AvgIpc) is 3.20. The van der Waals surface area contributed by atoms with Gasteiger partial charge in [-0.2, -0.15) is 0 Å². The summed E-state index contributed by atoms with van der Waals surface area (Å²) >= 11 is 24.1. The Labute approximate surface area is 265 Å². The SMILES string of the molecule is O=C1/C(=C/c2cc(Br)cc(Br)c2OCc2ccc(Br)cc2)SC(=Nc2ccc(Cl)cc2)N1c1ccc(Cl)cc1. The third kappa shape index (κ3) is 6.99. The second-order valence-electron chi connectivity index (χ2n) is 8.32. The number of aliphatic imine (C=N–C) groups is 1. The lowest BCUT2D eigenvalue weighted by atomic mass is 10.1. The highest BCUT2D eigenvalue weighted by molar-refractivity contribution is 9.11. The molecule has 1 amide bonds. The van der Waals surface area contributed by atoms with E-state index in [0.29, 0.717) is 43.8 Å². The number of carbonyl (C=O) groups excluding carboxylic acids is 1. The van der Waals surface area contributed by atoms with Gasteiger partial charge in [0, 0.05) is 24.6 Å². The van der Waals surface area contributed by atoms with Crippen LogP contribution in [0.4, 0.5) is 11.4 Å². The lowest BCUT2D eigenvalue weighted by Crippen LogP contribution is -2.28. The molecular weight excluding hydrogens is 751 g/mol. The fraction of sp³-hybridized carbons (Fsp3) is 0.0345. The summed E-state index contributed by atoms with van der Waals surface area (Å²) in [5, 5.41) is 1.71. The van der Waals surface area contributed by atoms with E-state index >= 15 is 0 Å². The first-order chi connectivity index (χ1) is 18.8. The molecule has 0 atom stereocenters. The first-order valence-corrected chi connectivity index (χ1v) is 15.4. The molecule has 196 valence electrons. The summed E-state index contributed by atoms with van der Waals surface area (Å²) in [6.45, 7) is 0.366. The summed E-state index contributed by atoms with van der Waals surface area (Å²) in [4.78, 5) is 20.6.